The molecular formula is C9H11BrN2O4S. The molecule has 4 N–H and O–H groups in total. The van der Waals surface area contributed by atoms with E-state index in [0.29, 0.717) is 10.2 Å². The van der Waals surface area contributed by atoms with Crippen LogP contribution in [0.15, 0.2) is 27.6 Å². The topological polar surface area (TPSA) is 112 Å². The number of benzene rings is 1. The van der Waals surface area contributed by atoms with E-state index in [4.69, 9.17) is 15.6 Å². The molecule has 0 saturated heterocycles. The van der Waals surface area contributed by atoms with Crippen molar-refractivity contribution in [3.8, 4) is 5.75 Å². The van der Waals surface area contributed by atoms with Gasteiger partial charge < -0.3 is 10.5 Å². The van der Waals surface area contributed by atoms with Gasteiger partial charge in [-0.25, -0.2) is 13.6 Å². The van der Waals surface area contributed by atoms with Gasteiger partial charge in [0.1, 0.15) is 5.75 Å². The maximum atomic E-state index is 11.1. The fourth-order valence-electron chi connectivity index (χ4n) is 1.00. The van der Waals surface area contributed by atoms with Gasteiger partial charge in [-0.05, 0) is 41.1 Å². The Balaban J connectivity index is 3.03. The lowest BCUT2D eigenvalue weighted by molar-refractivity contribution is -0.124. The van der Waals surface area contributed by atoms with E-state index in [1.54, 1.807) is 0 Å². The Bertz CT molecular complexity index is 544. The molecule has 1 unspecified atom stereocenters. The predicted octanol–water partition coefficient (Wildman–Crippen LogP) is 0.349. The number of hydrogen-bond donors (Lipinski definition) is 2. The van der Waals surface area contributed by atoms with E-state index < -0.39 is 22.0 Å². The number of nitrogens with two attached hydrogens (primary N) is 2. The number of primary sulfonamides is 1. The van der Waals surface area contributed by atoms with Crippen molar-refractivity contribution in [2.24, 2.45) is 10.9 Å². The molecule has 6 nitrogen and oxygen atoms in total. The Kier molecular flexibility index (Phi) is 4.12. The standard InChI is InChI=1S/C9H11BrN2O4S/c1-5(9(11)13)16-8-3-2-6(4-7(8)10)17(12,14)15/h2-5H,1H3,(H2,11,13)(H2,12,14,15). The summed E-state index contributed by atoms with van der Waals surface area (Å²) in [7, 11) is -3.76. The van der Waals surface area contributed by atoms with Crippen molar-refractivity contribution in [3.05, 3.63) is 22.7 Å². The van der Waals surface area contributed by atoms with Crippen LogP contribution in [-0.4, -0.2) is 20.4 Å². The highest BCUT2D eigenvalue weighted by Gasteiger charge is 2.15. The number of ether oxygens (including phenoxy) is 1. The van der Waals surface area contributed by atoms with Gasteiger partial charge in [-0.2, -0.15) is 0 Å². The SMILES string of the molecule is CC(Oc1ccc(S(N)(=O)=O)cc1Br)C(N)=O. The Morgan fingerprint density at radius 3 is 2.47 bits per heavy atom. The molecule has 0 aliphatic rings. The summed E-state index contributed by atoms with van der Waals surface area (Å²) in [5, 5.41) is 4.96. The number of hydrogen-bond acceptors (Lipinski definition) is 4. The van der Waals surface area contributed by atoms with Gasteiger partial charge in [-0.15, -0.1) is 0 Å². The molecular weight excluding hydrogens is 312 g/mol. The van der Waals surface area contributed by atoms with Crippen molar-refractivity contribution < 1.29 is 17.9 Å². The molecule has 17 heavy (non-hydrogen) atoms. The first-order valence-corrected chi connectivity index (χ1v) is 6.84. The third-order valence-corrected chi connectivity index (χ3v) is 3.47. The Hall–Kier alpha value is -1.12. The second-order valence-corrected chi connectivity index (χ2v) is 5.72. The normalized spacial score (nSPS) is 13.1. The highest BCUT2D eigenvalue weighted by molar-refractivity contribution is 9.10. The number of sulfonamides is 1. The monoisotopic (exact) mass is 322 g/mol. The van der Waals surface area contributed by atoms with Crippen LogP contribution in [0.5, 0.6) is 5.75 Å². The van der Waals surface area contributed by atoms with E-state index in [9.17, 15) is 13.2 Å². The molecule has 0 radical (unpaired) electrons. The van der Waals surface area contributed by atoms with Gasteiger partial charge in [0, 0.05) is 0 Å². The summed E-state index contributed by atoms with van der Waals surface area (Å²) in [6.07, 6.45) is -0.813. The minimum atomic E-state index is -3.76. The number of primary amides is 1. The van der Waals surface area contributed by atoms with Crippen molar-refractivity contribution in [1.29, 1.82) is 0 Å². The van der Waals surface area contributed by atoms with Crippen LogP contribution in [0.4, 0.5) is 0 Å². The molecule has 0 bridgehead atoms. The Morgan fingerprint density at radius 1 is 1.47 bits per heavy atom. The summed E-state index contributed by atoms with van der Waals surface area (Å²) in [6, 6.07) is 3.96. The van der Waals surface area contributed by atoms with Crippen molar-refractivity contribution in [1.82, 2.24) is 0 Å². The van der Waals surface area contributed by atoms with Crippen molar-refractivity contribution in [2.75, 3.05) is 0 Å². The summed E-state index contributed by atoms with van der Waals surface area (Å²) >= 11 is 3.12. The Morgan fingerprint density at radius 2 is 2.06 bits per heavy atom. The lowest BCUT2D eigenvalue weighted by Crippen LogP contribution is -2.30. The van der Waals surface area contributed by atoms with Gasteiger partial charge in [0.2, 0.25) is 10.0 Å². The van der Waals surface area contributed by atoms with Gasteiger partial charge in [0.25, 0.3) is 5.91 Å². The number of amides is 1. The molecule has 8 heteroatoms. The van der Waals surface area contributed by atoms with E-state index in [0.717, 1.165) is 0 Å². The first-order chi connectivity index (χ1) is 7.71. The third kappa shape index (κ3) is 3.69. The fraction of sp³-hybridized carbons (Fsp3) is 0.222. The second-order valence-electron chi connectivity index (χ2n) is 3.30. The highest BCUT2D eigenvalue weighted by Crippen LogP contribution is 2.28. The number of carbonyl (C=O) groups excluding carboxylic acids is 1. The second kappa shape index (κ2) is 5.03. The molecule has 1 aromatic rings. The first-order valence-electron chi connectivity index (χ1n) is 4.50. The maximum Gasteiger partial charge on any atom is 0.258 e. The minimum absolute atomic E-state index is 0.0524. The number of rotatable bonds is 4. The van der Waals surface area contributed by atoms with Gasteiger partial charge in [0.15, 0.2) is 6.10 Å². The van der Waals surface area contributed by atoms with Gasteiger partial charge >= 0.3 is 0 Å². The quantitative estimate of drug-likeness (QED) is 0.832. The molecule has 1 amide bonds. The smallest absolute Gasteiger partial charge is 0.258 e. The summed E-state index contributed by atoms with van der Waals surface area (Å²) in [5.41, 5.74) is 5.04. The van der Waals surface area contributed by atoms with E-state index >= 15 is 0 Å². The molecule has 0 saturated carbocycles. The summed E-state index contributed by atoms with van der Waals surface area (Å²) < 4.78 is 27.7. The van der Waals surface area contributed by atoms with Crippen LogP contribution in [0.25, 0.3) is 0 Å². The molecule has 0 aromatic heterocycles. The minimum Gasteiger partial charge on any atom is -0.480 e. The van der Waals surface area contributed by atoms with Crippen LogP contribution >= 0.6 is 15.9 Å². The molecule has 1 aromatic carbocycles. The van der Waals surface area contributed by atoms with Crippen molar-refractivity contribution in [2.45, 2.75) is 17.9 Å². The zero-order chi connectivity index (χ0) is 13.2. The van der Waals surface area contributed by atoms with Gasteiger partial charge in [-0.3, -0.25) is 4.79 Å². The molecule has 0 heterocycles. The number of halogens is 1. The van der Waals surface area contributed by atoms with E-state index in [2.05, 4.69) is 15.9 Å². The van der Waals surface area contributed by atoms with Crippen LogP contribution in [0, 0.1) is 0 Å². The molecule has 94 valence electrons. The van der Waals surface area contributed by atoms with Crippen LogP contribution in [-0.2, 0) is 14.8 Å². The molecule has 0 spiro atoms. The summed E-state index contributed by atoms with van der Waals surface area (Å²) in [6.45, 7) is 1.49. The molecule has 1 atom stereocenters. The van der Waals surface area contributed by atoms with E-state index in [1.165, 1.54) is 25.1 Å². The maximum absolute atomic E-state index is 11.1. The van der Waals surface area contributed by atoms with Crippen LogP contribution < -0.4 is 15.6 Å². The summed E-state index contributed by atoms with van der Waals surface area (Å²) in [5.74, 6) is -0.309. The Labute approximate surface area is 107 Å². The average Bonchev–Trinajstić information content (AvgIpc) is 2.19. The summed E-state index contributed by atoms with van der Waals surface area (Å²) in [4.78, 5) is 10.8. The molecule has 0 aliphatic carbocycles. The predicted molar refractivity (Wildman–Crippen MR) is 64.8 cm³/mol. The number of carbonyl (C=O) groups is 1. The highest BCUT2D eigenvalue weighted by atomic mass is 79.9. The van der Waals surface area contributed by atoms with Gasteiger partial charge in [0.05, 0.1) is 9.37 Å². The van der Waals surface area contributed by atoms with E-state index in [1.807, 2.05) is 0 Å². The molecule has 0 aliphatic heterocycles. The molecule has 0 fully saturated rings. The zero-order valence-electron chi connectivity index (χ0n) is 8.88. The lowest BCUT2D eigenvalue weighted by atomic mass is 10.3. The average molecular weight is 323 g/mol. The fourth-order valence-corrected chi connectivity index (χ4v) is 2.17. The van der Waals surface area contributed by atoms with Crippen LogP contribution in [0.1, 0.15) is 6.92 Å². The van der Waals surface area contributed by atoms with Crippen molar-refractivity contribution >= 4 is 31.9 Å². The third-order valence-electron chi connectivity index (χ3n) is 1.94. The van der Waals surface area contributed by atoms with E-state index in [-0.39, 0.29) is 4.90 Å². The van der Waals surface area contributed by atoms with Crippen LogP contribution in [0.2, 0.25) is 0 Å². The molecule has 1 rings (SSSR count). The first kappa shape index (κ1) is 13.9. The zero-order valence-corrected chi connectivity index (χ0v) is 11.3. The lowest BCUT2D eigenvalue weighted by Gasteiger charge is -2.13. The van der Waals surface area contributed by atoms with Crippen LogP contribution in [0.3, 0.4) is 0 Å². The van der Waals surface area contributed by atoms with Gasteiger partial charge in [-0.1, -0.05) is 0 Å². The van der Waals surface area contributed by atoms with Crippen molar-refractivity contribution in [3.63, 3.8) is 0 Å². The largest absolute Gasteiger partial charge is 0.480 e.